The first kappa shape index (κ1) is 20.7. The van der Waals surface area contributed by atoms with Gasteiger partial charge in [0.25, 0.3) is 0 Å². The van der Waals surface area contributed by atoms with Crippen LogP contribution in [-0.4, -0.2) is 19.9 Å². The zero-order valence-corrected chi connectivity index (χ0v) is 16.1. The molecule has 0 fully saturated rings. The Morgan fingerprint density at radius 1 is 0.966 bits per heavy atom. The van der Waals surface area contributed by atoms with Gasteiger partial charge in [-0.25, -0.2) is 19.9 Å². The molecule has 0 aliphatic heterocycles. The minimum atomic E-state index is -4.52. The van der Waals surface area contributed by atoms with Crippen LogP contribution in [0.15, 0.2) is 49.2 Å². The van der Waals surface area contributed by atoms with Crippen molar-refractivity contribution in [1.82, 2.24) is 19.9 Å². The molecule has 5 nitrogen and oxygen atoms in total. The topological polar surface area (TPSA) is 63.6 Å². The number of anilines is 2. The van der Waals surface area contributed by atoms with Crippen LogP contribution in [0.4, 0.5) is 24.8 Å². The average molecular weight is 401 g/mol. The Morgan fingerprint density at radius 3 is 2.48 bits per heavy atom. The van der Waals surface area contributed by atoms with Crippen molar-refractivity contribution >= 4 is 11.6 Å². The molecule has 0 spiro atoms. The zero-order chi connectivity index (χ0) is 20.7. The lowest BCUT2D eigenvalue weighted by molar-refractivity contribution is -0.141. The van der Waals surface area contributed by atoms with E-state index in [0.29, 0.717) is 5.69 Å². The van der Waals surface area contributed by atoms with Gasteiger partial charge in [-0.15, -0.1) is 0 Å². The molecule has 2 heterocycles. The van der Waals surface area contributed by atoms with Crippen molar-refractivity contribution in [3.8, 4) is 11.1 Å². The van der Waals surface area contributed by atoms with E-state index < -0.39 is 11.9 Å². The molecule has 0 atom stereocenters. The highest BCUT2D eigenvalue weighted by Gasteiger charge is 2.32. The van der Waals surface area contributed by atoms with Gasteiger partial charge in [0.05, 0.1) is 0 Å². The summed E-state index contributed by atoms with van der Waals surface area (Å²) in [7, 11) is 0. The molecule has 3 rings (SSSR count). The van der Waals surface area contributed by atoms with Crippen molar-refractivity contribution in [3.05, 3.63) is 60.4 Å². The van der Waals surface area contributed by atoms with E-state index in [2.05, 4.69) is 38.2 Å². The van der Waals surface area contributed by atoms with Gasteiger partial charge >= 0.3 is 6.18 Å². The quantitative estimate of drug-likeness (QED) is 0.482. The number of aryl methyl sites for hydroxylation is 1. The van der Waals surface area contributed by atoms with Gasteiger partial charge in [-0.1, -0.05) is 32.3 Å². The number of nitrogens with one attached hydrogen (secondary N) is 1. The number of hydrogen-bond acceptors (Lipinski definition) is 5. The van der Waals surface area contributed by atoms with E-state index in [9.17, 15) is 13.2 Å². The van der Waals surface area contributed by atoms with Crippen molar-refractivity contribution in [3.63, 3.8) is 0 Å². The van der Waals surface area contributed by atoms with Gasteiger partial charge in [0.1, 0.15) is 12.0 Å². The summed E-state index contributed by atoms with van der Waals surface area (Å²) in [6.45, 7) is 2.16. The highest BCUT2D eigenvalue weighted by Crippen LogP contribution is 2.29. The third-order valence-corrected chi connectivity index (χ3v) is 4.41. The van der Waals surface area contributed by atoms with Crippen LogP contribution < -0.4 is 5.32 Å². The third kappa shape index (κ3) is 5.97. The standard InChI is InChI=1S/C21H22F3N5/c1-2-3-4-5-6-15-9-16(17-12-25-14-26-13-17)11-18(10-15)28-20-27-8-7-19(29-20)21(22,23)24/h7-14H,2-6H2,1H3,(H,27,28,29). The molecular formula is C21H22F3N5. The highest BCUT2D eigenvalue weighted by atomic mass is 19.4. The fraction of sp³-hybridized carbons (Fsp3) is 0.333. The molecule has 1 N–H and O–H groups in total. The number of benzene rings is 1. The molecule has 0 radical (unpaired) electrons. The minimum Gasteiger partial charge on any atom is -0.324 e. The summed E-state index contributed by atoms with van der Waals surface area (Å²) in [5, 5.41) is 2.91. The Morgan fingerprint density at radius 2 is 1.76 bits per heavy atom. The van der Waals surface area contributed by atoms with E-state index in [1.165, 1.54) is 12.7 Å². The summed E-state index contributed by atoms with van der Waals surface area (Å²) in [6, 6.07) is 6.66. The molecule has 152 valence electrons. The van der Waals surface area contributed by atoms with Gasteiger partial charge in [-0.2, -0.15) is 13.2 Å². The maximum absolute atomic E-state index is 12.9. The number of unbranched alkanes of at least 4 members (excludes halogenated alkanes) is 3. The maximum atomic E-state index is 12.9. The zero-order valence-electron chi connectivity index (χ0n) is 16.1. The normalized spacial score (nSPS) is 11.4. The molecule has 0 saturated heterocycles. The molecule has 0 aliphatic rings. The van der Waals surface area contributed by atoms with E-state index in [1.807, 2.05) is 12.1 Å². The number of hydrogen-bond donors (Lipinski definition) is 1. The first-order chi connectivity index (χ1) is 14.0. The second kappa shape index (κ2) is 9.45. The van der Waals surface area contributed by atoms with E-state index in [-0.39, 0.29) is 5.95 Å². The van der Waals surface area contributed by atoms with Crippen molar-refractivity contribution in [1.29, 1.82) is 0 Å². The van der Waals surface area contributed by atoms with Crippen molar-refractivity contribution in [2.45, 2.75) is 45.2 Å². The van der Waals surface area contributed by atoms with Crippen molar-refractivity contribution < 1.29 is 13.2 Å². The van der Waals surface area contributed by atoms with Crippen molar-refractivity contribution in [2.24, 2.45) is 0 Å². The monoisotopic (exact) mass is 401 g/mol. The van der Waals surface area contributed by atoms with E-state index in [4.69, 9.17) is 0 Å². The van der Waals surface area contributed by atoms with Crippen LogP contribution in [-0.2, 0) is 12.6 Å². The molecule has 2 aromatic heterocycles. The Labute approximate surface area is 167 Å². The molecule has 0 saturated carbocycles. The van der Waals surface area contributed by atoms with Gasteiger partial charge in [0.2, 0.25) is 5.95 Å². The number of rotatable bonds is 8. The lowest BCUT2D eigenvalue weighted by atomic mass is 10.0. The average Bonchev–Trinajstić information content (AvgIpc) is 2.71. The summed E-state index contributed by atoms with van der Waals surface area (Å²) >= 11 is 0. The molecule has 0 unspecified atom stereocenters. The fourth-order valence-electron chi connectivity index (χ4n) is 2.99. The third-order valence-electron chi connectivity index (χ3n) is 4.41. The predicted octanol–water partition coefficient (Wildman–Crippen LogP) is 5.82. The number of aromatic nitrogens is 4. The van der Waals surface area contributed by atoms with Gasteiger partial charge < -0.3 is 5.32 Å². The molecule has 0 amide bonds. The van der Waals surface area contributed by atoms with Gasteiger partial charge in [0.15, 0.2) is 0 Å². The molecule has 3 aromatic rings. The summed E-state index contributed by atoms with van der Waals surface area (Å²) in [6.07, 6.45) is 6.81. The largest absolute Gasteiger partial charge is 0.433 e. The summed E-state index contributed by atoms with van der Waals surface area (Å²) in [5.74, 6) is -0.0989. The Bertz CT molecular complexity index is 929. The Kier molecular flexibility index (Phi) is 6.74. The SMILES string of the molecule is CCCCCCc1cc(Nc2nccc(C(F)(F)F)n2)cc(-c2cncnc2)c1. The van der Waals surface area contributed by atoms with Crippen LogP contribution in [0.25, 0.3) is 11.1 Å². The number of halogens is 3. The number of alkyl halides is 3. The first-order valence-electron chi connectivity index (χ1n) is 9.52. The second-order valence-corrected chi connectivity index (χ2v) is 6.74. The summed E-state index contributed by atoms with van der Waals surface area (Å²) in [4.78, 5) is 15.6. The summed E-state index contributed by atoms with van der Waals surface area (Å²) in [5.41, 5.74) is 2.43. The first-order valence-corrected chi connectivity index (χ1v) is 9.52. The highest BCUT2D eigenvalue weighted by molar-refractivity contribution is 5.70. The number of nitrogens with zero attached hydrogens (tertiary/aromatic N) is 4. The van der Waals surface area contributed by atoms with E-state index in [1.54, 1.807) is 12.4 Å². The van der Waals surface area contributed by atoms with E-state index in [0.717, 1.165) is 54.6 Å². The molecule has 0 aliphatic carbocycles. The lowest BCUT2D eigenvalue weighted by Gasteiger charge is -2.12. The smallest absolute Gasteiger partial charge is 0.324 e. The molecule has 29 heavy (non-hydrogen) atoms. The van der Waals surface area contributed by atoms with Gasteiger partial charge in [-0.3, -0.25) is 0 Å². The Balaban J connectivity index is 1.88. The van der Waals surface area contributed by atoms with Crippen LogP contribution in [0.5, 0.6) is 0 Å². The molecule has 0 bridgehead atoms. The van der Waals surface area contributed by atoms with Crippen LogP contribution in [0.1, 0.15) is 43.9 Å². The van der Waals surface area contributed by atoms with Gasteiger partial charge in [-0.05, 0) is 42.2 Å². The van der Waals surface area contributed by atoms with Crippen molar-refractivity contribution in [2.75, 3.05) is 5.32 Å². The predicted molar refractivity (Wildman–Crippen MR) is 106 cm³/mol. The molecular weight excluding hydrogens is 379 g/mol. The second-order valence-electron chi connectivity index (χ2n) is 6.74. The van der Waals surface area contributed by atoms with Crippen LogP contribution >= 0.6 is 0 Å². The minimum absolute atomic E-state index is 0.0989. The molecule has 1 aromatic carbocycles. The summed E-state index contributed by atoms with van der Waals surface area (Å²) < 4.78 is 38.8. The lowest BCUT2D eigenvalue weighted by Crippen LogP contribution is -2.10. The van der Waals surface area contributed by atoms with Crippen LogP contribution in [0.3, 0.4) is 0 Å². The van der Waals surface area contributed by atoms with Crippen LogP contribution in [0, 0.1) is 0 Å². The maximum Gasteiger partial charge on any atom is 0.433 e. The molecule has 8 heteroatoms. The Hall–Kier alpha value is -3.03. The fourth-order valence-corrected chi connectivity index (χ4v) is 2.99. The van der Waals surface area contributed by atoms with Crippen LogP contribution in [0.2, 0.25) is 0 Å². The van der Waals surface area contributed by atoms with Gasteiger partial charge in [0, 0.05) is 29.8 Å². The van der Waals surface area contributed by atoms with E-state index >= 15 is 0 Å².